The normalized spacial score (nSPS) is 12.3. The molecular weight excluding hydrogens is 681 g/mol. The van der Waals surface area contributed by atoms with E-state index in [9.17, 15) is 0 Å². The van der Waals surface area contributed by atoms with Crippen molar-refractivity contribution in [1.82, 2.24) is 18.9 Å². The van der Waals surface area contributed by atoms with E-state index >= 15 is 0 Å². The smallest absolute Gasteiger partial charge is 0.235 e. The molecule has 0 spiro atoms. The molecule has 0 aliphatic heterocycles. The van der Waals surface area contributed by atoms with Gasteiger partial charge in [-0.15, -0.1) is 0 Å². The summed E-state index contributed by atoms with van der Waals surface area (Å²) >= 11 is 0. The molecule has 56 heavy (non-hydrogen) atoms. The number of hydrogen-bond donors (Lipinski definition) is 0. The Kier molecular flexibility index (Phi) is 5.86. The number of para-hydroxylation sites is 1. The summed E-state index contributed by atoms with van der Waals surface area (Å²) in [6.07, 6.45) is 0. The lowest BCUT2D eigenvalue weighted by atomic mass is 9.98. The summed E-state index contributed by atoms with van der Waals surface area (Å²) in [5.74, 6) is 0.657. The first kappa shape index (κ1) is 29.8. The Labute approximate surface area is 320 Å². The Morgan fingerprint density at radius 2 is 0.982 bits per heavy atom. The van der Waals surface area contributed by atoms with E-state index in [1.54, 1.807) is 0 Å². The van der Waals surface area contributed by atoms with Crippen molar-refractivity contribution < 1.29 is 0 Å². The Morgan fingerprint density at radius 1 is 0.339 bits per heavy atom. The predicted molar refractivity (Wildman–Crippen MR) is 234 cm³/mol. The third-order valence-corrected chi connectivity index (χ3v) is 12.0. The average Bonchev–Trinajstić information content (AvgIpc) is 3.76. The lowest BCUT2D eigenvalue weighted by Crippen LogP contribution is -2.04. The molecule has 13 aromatic rings. The number of benzene rings is 9. The number of hydrogen-bond acceptors (Lipinski definition) is 2. The minimum Gasteiger partial charge on any atom is -0.308 e. The van der Waals surface area contributed by atoms with Crippen LogP contribution in [0.4, 0.5) is 0 Å². The largest absolute Gasteiger partial charge is 0.308 e. The van der Waals surface area contributed by atoms with E-state index in [4.69, 9.17) is 9.97 Å². The van der Waals surface area contributed by atoms with Crippen LogP contribution in [0, 0.1) is 0 Å². The quantitative estimate of drug-likeness (QED) is 0.171. The molecule has 4 heteroatoms. The second-order valence-corrected chi connectivity index (χ2v) is 14.9. The molecule has 0 saturated carbocycles. The van der Waals surface area contributed by atoms with Crippen molar-refractivity contribution in [3.8, 4) is 28.3 Å². The van der Waals surface area contributed by atoms with Crippen molar-refractivity contribution in [2.75, 3.05) is 0 Å². The lowest BCUT2D eigenvalue weighted by Gasteiger charge is -2.14. The van der Waals surface area contributed by atoms with E-state index in [0.717, 1.165) is 49.5 Å². The second-order valence-electron chi connectivity index (χ2n) is 14.9. The molecule has 258 valence electrons. The number of nitrogens with zero attached hydrogens (tertiary/aromatic N) is 4. The molecule has 4 heterocycles. The third-order valence-electron chi connectivity index (χ3n) is 12.0. The highest BCUT2D eigenvalue weighted by Gasteiger charge is 2.24. The van der Waals surface area contributed by atoms with Crippen LogP contribution < -0.4 is 0 Å². The zero-order chi connectivity index (χ0) is 36.5. The maximum absolute atomic E-state index is 5.57. The van der Waals surface area contributed by atoms with Gasteiger partial charge in [0.15, 0.2) is 0 Å². The molecule has 0 N–H and O–H groups in total. The molecule has 0 atom stereocenters. The van der Waals surface area contributed by atoms with Crippen LogP contribution in [0.3, 0.4) is 0 Å². The average molecular weight is 711 g/mol. The van der Waals surface area contributed by atoms with Crippen molar-refractivity contribution in [2.45, 2.75) is 0 Å². The van der Waals surface area contributed by atoms with Crippen LogP contribution >= 0.6 is 0 Å². The maximum Gasteiger partial charge on any atom is 0.235 e. The standard InChI is InChI=1S/C52H30N4/c1-2-13-31(14-3-1)33-17-10-18-35(29-33)49-40-28-27-32-15-4-7-20-37(32)50(40)54-52(53-49)56-43-24-11-22-38-41-30-34-16-5-6-19-36(34)46-39-21-8-9-23-42(39)55(51(41)46)44-25-12-26-45(56)48(44)47(38)43/h1-30H. The Morgan fingerprint density at radius 3 is 1.88 bits per heavy atom. The third kappa shape index (κ3) is 3.92. The van der Waals surface area contributed by atoms with E-state index < -0.39 is 0 Å². The Balaban J connectivity index is 1.21. The number of fused-ring (bicyclic) bond motifs is 10. The minimum absolute atomic E-state index is 0.657. The van der Waals surface area contributed by atoms with E-state index in [2.05, 4.69) is 191 Å². The first-order chi connectivity index (χ1) is 27.8. The molecule has 0 bridgehead atoms. The molecule has 0 unspecified atom stereocenters. The van der Waals surface area contributed by atoms with Crippen LogP contribution in [0.1, 0.15) is 0 Å². The fraction of sp³-hybridized carbons (Fsp3) is 0. The van der Waals surface area contributed by atoms with Crippen LogP contribution in [0.5, 0.6) is 0 Å². The van der Waals surface area contributed by atoms with Crippen molar-refractivity contribution in [2.24, 2.45) is 0 Å². The molecule has 0 fully saturated rings. The van der Waals surface area contributed by atoms with Crippen molar-refractivity contribution >= 4 is 92.3 Å². The summed E-state index contributed by atoms with van der Waals surface area (Å²) in [6.45, 7) is 0. The van der Waals surface area contributed by atoms with Crippen molar-refractivity contribution in [1.29, 1.82) is 0 Å². The predicted octanol–water partition coefficient (Wildman–Crippen LogP) is 13.5. The van der Waals surface area contributed by atoms with Gasteiger partial charge < -0.3 is 4.40 Å². The van der Waals surface area contributed by atoms with E-state index in [1.807, 2.05) is 0 Å². The molecule has 0 aliphatic carbocycles. The first-order valence-electron chi connectivity index (χ1n) is 19.2. The van der Waals surface area contributed by atoms with Crippen LogP contribution in [-0.4, -0.2) is 18.9 Å². The Bertz CT molecular complexity index is 3760. The van der Waals surface area contributed by atoms with Gasteiger partial charge in [0.1, 0.15) is 0 Å². The molecular formula is C52H30N4. The van der Waals surface area contributed by atoms with Gasteiger partial charge in [-0.05, 0) is 75.1 Å². The van der Waals surface area contributed by atoms with Crippen molar-refractivity contribution in [3.05, 3.63) is 182 Å². The molecule has 0 radical (unpaired) electrons. The molecule has 9 aromatic carbocycles. The van der Waals surface area contributed by atoms with Gasteiger partial charge in [-0.25, -0.2) is 9.97 Å². The summed E-state index contributed by atoms with van der Waals surface area (Å²) in [7, 11) is 0. The Hall–Kier alpha value is -7.56. The van der Waals surface area contributed by atoms with Gasteiger partial charge in [-0.1, -0.05) is 140 Å². The highest BCUT2D eigenvalue weighted by Crippen LogP contribution is 2.46. The molecule has 0 aliphatic rings. The monoisotopic (exact) mass is 710 g/mol. The van der Waals surface area contributed by atoms with Gasteiger partial charge in [-0.3, -0.25) is 4.57 Å². The van der Waals surface area contributed by atoms with E-state index in [-0.39, 0.29) is 0 Å². The van der Waals surface area contributed by atoms with Gasteiger partial charge in [0.25, 0.3) is 0 Å². The maximum atomic E-state index is 5.57. The summed E-state index contributed by atoms with van der Waals surface area (Å²) < 4.78 is 4.81. The van der Waals surface area contributed by atoms with Crippen LogP contribution in [0.25, 0.3) is 121 Å². The highest BCUT2D eigenvalue weighted by molar-refractivity contribution is 6.35. The molecule has 0 amide bonds. The van der Waals surface area contributed by atoms with Crippen LogP contribution in [0.15, 0.2) is 182 Å². The molecule has 4 nitrogen and oxygen atoms in total. The lowest BCUT2D eigenvalue weighted by molar-refractivity contribution is 1.02. The second kappa shape index (κ2) is 11.0. The van der Waals surface area contributed by atoms with Gasteiger partial charge in [0.2, 0.25) is 5.95 Å². The molecule has 13 rings (SSSR count). The summed E-state index contributed by atoms with van der Waals surface area (Å²) in [5, 5.41) is 13.3. The molecule has 0 saturated heterocycles. The fourth-order valence-electron chi connectivity index (χ4n) is 9.66. The van der Waals surface area contributed by atoms with E-state index in [0.29, 0.717) is 5.95 Å². The van der Waals surface area contributed by atoms with Gasteiger partial charge in [-0.2, -0.15) is 0 Å². The van der Waals surface area contributed by atoms with Gasteiger partial charge in [0, 0.05) is 43.3 Å². The van der Waals surface area contributed by atoms with Gasteiger partial charge in [0.05, 0.1) is 38.8 Å². The zero-order valence-electron chi connectivity index (χ0n) is 30.1. The first-order valence-corrected chi connectivity index (χ1v) is 19.2. The summed E-state index contributed by atoms with van der Waals surface area (Å²) in [6, 6.07) is 65.8. The molecule has 4 aromatic heterocycles. The highest BCUT2D eigenvalue weighted by atomic mass is 15.2. The summed E-state index contributed by atoms with van der Waals surface area (Å²) in [4.78, 5) is 11.1. The zero-order valence-corrected chi connectivity index (χ0v) is 30.1. The van der Waals surface area contributed by atoms with Crippen molar-refractivity contribution in [3.63, 3.8) is 0 Å². The van der Waals surface area contributed by atoms with Crippen LogP contribution in [-0.2, 0) is 0 Å². The summed E-state index contributed by atoms with van der Waals surface area (Å²) in [5.41, 5.74) is 11.0. The number of rotatable bonds is 3. The topological polar surface area (TPSA) is 35.1 Å². The van der Waals surface area contributed by atoms with Crippen LogP contribution in [0.2, 0.25) is 0 Å². The number of aromatic nitrogens is 4. The SMILES string of the molecule is c1ccc(-c2cccc(-c3nc(-n4c5cccc6c7cc8ccccc8c8c9ccccc9n(c9cccc4c9c65)c78)nc4c3ccc3ccccc34)c2)cc1. The fourth-order valence-corrected chi connectivity index (χ4v) is 9.66. The van der Waals surface area contributed by atoms with Gasteiger partial charge >= 0.3 is 0 Å². The minimum atomic E-state index is 0.657. The van der Waals surface area contributed by atoms with E-state index in [1.165, 1.54) is 65.2 Å².